The number of hydrogen-bond acceptors (Lipinski definition) is 6. The third-order valence-corrected chi connectivity index (χ3v) is 4.58. The molecule has 2 N–H and O–H groups in total. The van der Waals surface area contributed by atoms with Gasteiger partial charge in [0, 0.05) is 25.8 Å². The van der Waals surface area contributed by atoms with Crippen LogP contribution in [0.3, 0.4) is 0 Å². The average molecular weight is 352 g/mol. The lowest BCUT2D eigenvalue weighted by Crippen LogP contribution is -2.29. The Kier molecular flexibility index (Phi) is 5.47. The molecule has 8 nitrogen and oxygen atoms in total. The molecule has 1 heterocycles. The first-order valence-corrected chi connectivity index (χ1v) is 8.45. The van der Waals surface area contributed by atoms with E-state index in [0.717, 1.165) is 9.99 Å². The van der Waals surface area contributed by atoms with E-state index >= 15 is 0 Å². The molecule has 0 saturated heterocycles. The first-order valence-electron chi connectivity index (χ1n) is 7.01. The molecule has 0 radical (unpaired) electrons. The maximum absolute atomic E-state index is 11.7. The molecule has 0 atom stereocenters. The number of nitrogens with zero attached hydrogens (tertiary/aromatic N) is 2. The van der Waals surface area contributed by atoms with Gasteiger partial charge in [-0.2, -0.15) is 12.7 Å². The monoisotopic (exact) mass is 352 g/mol. The van der Waals surface area contributed by atoms with Crippen LogP contribution in [-0.4, -0.2) is 46.0 Å². The van der Waals surface area contributed by atoms with Gasteiger partial charge < -0.3 is 14.8 Å². The Labute approximate surface area is 141 Å². The van der Waals surface area contributed by atoms with Crippen molar-refractivity contribution < 1.29 is 17.9 Å². The number of aromatic nitrogens is 1. The molecule has 0 amide bonds. The van der Waals surface area contributed by atoms with Crippen LogP contribution in [0.15, 0.2) is 36.5 Å². The van der Waals surface area contributed by atoms with E-state index in [2.05, 4.69) is 15.0 Å². The quantitative estimate of drug-likeness (QED) is 0.792. The highest BCUT2D eigenvalue weighted by Crippen LogP contribution is 2.31. The fraction of sp³-hybridized carbons (Fsp3) is 0.267. The van der Waals surface area contributed by atoms with Crippen molar-refractivity contribution in [2.75, 3.05) is 38.4 Å². The van der Waals surface area contributed by atoms with Gasteiger partial charge in [0.25, 0.3) is 0 Å². The molecule has 2 rings (SSSR count). The second kappa shape index (κ2) is 7.37. The minimum absolute atomic E-state index is 0.238. The molecular weight excluding hydrogens is 332 g/mol. The highest BCUT2D eigenvalue weighted by atomic mass is 32.2. The zero-order chi connectivity index (χ0) is 17.7. The Morgan fingerprint density at radius 2 is 1.67 bits per heavy atom. The van der Waals surface area contributed by atoms with Gasteiger partial charge in [-0.15, -0.1) is 0 Å². The van der Waals surface area contributed by atoms with E-state index in [1.165, 1.54) is 20.3 Å². The lowest BCUT2D eigenvalue weighted by Gasteiger charge is -2.13. The zero-order valence-corrected chi connectivity index (χ0v) is 14.7. The van der Waals surface area contributed by atoms with E-state index < -0.39 is 10.2 Å². The maximum Gasteiger partial charge on any atom is 0.302 e. The van der Waals surface area contributed by atoms with Crippen LogP contribution in [0.25, 0.3) is 0 Å². The van der Waals surface area contributed by atoms with E-state index in [-0.39, 0.29) is 5.82 Å². The summed E-state index contributed by atoms with van der Waals surface area (Å²) < 4.78 is 37.4. The van der Waals surface area contributed by atoms with Crippen LogP contribution in [0.1, 0.15) is 0 Å². The van der Waals surface area contributed by atoms with Crippen LogP contribution >= 0.6 is 0 Å². The van der Waals surface area contributed by atoms with Crippen LogP contribution in [0.5, 0.6) is 11.5 Å². The molecule has 9 heteroatoms. The number of pyridine rings is 1. The van der Waals surface area contributed by atoms with E-state index in [4.69, 9.17) is 9.47 Å². The Morgan fingerprint density at radius 1 is 1.00 bits per heavy atom. The molecule has 0 spiro atoms. The maximum atomic E-state index is 11.7. The summed E-state index contributed by atoms with van der Waals surface area (Å²) in [5.74, 6) is 1.47. The number of ether oxygens (including phenoxy) is 2. The second-order valence-corrected chi connectivity index (χ2v) is 6.90. The summed E-state index contributed by atoms with van der Waals surface area (Å²) in [7, 11) is 2.45. The Morgan fingerprint density at radius 3 is 2.21 bits per heavy atom. The largest absolute Gasteiger partial charge is 0.493 e. The lowest BCUT2D eigenvalue weighted by molar-refractivity contribution is 0.355. The van der Waals surface area contributed by atoms with Crippen molar-refractivity contribution in [3.05, 3.63) is 36.5 Å². The summed E-state index contributed by atoms with van der Waals surface area (Å²) in [6.07, 6.45) is 1.53. The summed E-state index contributed by atoms with van der Waals surface area (Å²) in [6.45, 7) is 0. The van der Waals surface area contributed by atoms with Crippen molar-refractivity contribution in [1.82, 2.24) is 9.29 Å². The molecule has 24 heavy (non-hydrogen) atoms. The summed E-state index contributed by atoms with van der Waals surface area (Å²) >= 11 is 0. The molecule has 1 aromatic carbocycles. The third kappa shape index (κ3) is 4.27. The van der Waals surface area contributed by atoms with Crippen molar-refractivity contribution in [3.63, 3.8) is 0 Å². The molecule has 0 aliphatic heterocycles. The Bertz CT molecular complexity index is 792. The highest BCUT2D eigenvalue weighted by Gasteiger charge is 2.13. The van der Waals surface area contributed by atoms with Gasteiger partial charge >= 0.3 is 10.2 Å². The summed E-state index contributed by atoms with van der Waals surface area (Å²) in [4.78, 5) is 4.08. The van der Waals surface area contributed by atoms with Crippen molar-refractivity contribution in [1.29, 1.82) is 0 Å². The molecule has 130 valence electrons. The number of anilines is 3. The number of benzene rings is 1. The van der Waals surface area contributed by atoms with Crippen LogP contribution in [-0.2, 0) is 10.2 Å². The van der Waals surface area contributed by atoms with Crippen LogP contribution in [0.2, 0.25) is 0 Å². The van der Waals surface area contributed by atoms with E-state index in [0.29, 0.717) is 17.2 Å². The van der Waals surface area contributed by atoms with Gasteiger partial charge in [-0.05, 0) is 24.3 Å². The van der Waals surface area contributed by atoms with E-state index in [1.54, 1.807) is 38.5 Å². The van der Waals surface area contributed by atoms with Gasteiger partial charge in [-0.25, -0.2) is 4.98 Å². The van der Waals surface area contributed by atoms with Gasteiger partial charge in [0.05, 0.1) is 26.1 Å². The van der Waals surface area contributed by atoms with Crippen LogP contribution in [0.4, 0.5) is 17.2 Å². The van der Waals surface area contributed by atoms with Crippen molar-refractivity contribution in [2.45, 2.75) is 0 Å². The molecule has 0 saturated carbocycles. The SMILES string of the molecule is COc1ccc(Nc2ccc(NS(=O)(=O)N(C)C)nc2)cc1OC. The standard InChI is InChI=1S/C15H20N4O4S/c1-19(2)24(20,21)18-15-8-6-12(10-16-15)17-11-5-7-13(22-3)14(9-11)23-4/h5-10,17H,1-4H3,(H,16,18). The summed E-state index contributed by atoms with van der Waals surface area (Å²) in [5, 5.41) is 3.16. The van der Waals surface area contributed by atoms with Gasteiger partial charge in [-0.1, -0.05) is 0 Å². The number of methoxy groups -OCH3 is 2. The number of hydrogen-bond donors (Lipinski definition) is 2. The van der Waals surface area contributed by atoms with Crippen molar-refractivity contribution in [2.24, 2.45) is 0 Å². The predicted molar refractivity (Wildman–Crippen MR) is 93.3 cm³/mol. The van der Waals surface area contributed by atoms with Gasteiger partial charge in [0.15, 0.2) is 11.5 Å². The molecule has 2 aromatic rings. The lowest BCUT2D eigenvalue weighted by atomic mass is 10.2. The molecule has 0 aliphatic rings. The zero-order valence-electron chi connectivity index (χ0n) is 13.9. The molecular formula is C15H20N4O4S. The van der Waals surface area contributed by atoms with Crippen LogP contribution in [0, 0.1) is 0 Å². The van der Waals surface area contributed by atoms with Gasteiger partial charge in [0.1, 0.15) is 5.82 Å². The molecule has 0 bridgehead atoms. The minimum Gasteiger partial charge on any atom is -0.493 e. The Hall–Kier alpha value is -2.52. The summed E-state index contributed by atoms with van der Waals surface area (Å²) in [6, 6.07) is 8.71. The average Bonchev–Trinajstić information content (AvgIpc) is 2.56. The fourth-order valence-electron chi connectivity index (χ4n) is 1.83. The van der Waals surface area contributed by atoms with Gasteiger partial charge in [0.2, 0.25) is 0 Å². The third-order valence-electron chi connectivity index (χ3n) is 3.15. The summed E-state index contributed by atoms with van der Waals surface area (Å²) in [5.41, 5.74) is 1.49. The molecule has 0 unspecified atom stereocenters. The molecule has 0 fully saturated rings. The van der Waals surface area contributed by atoms with Crippen molar-refractivity contribution in [3.8, 4) is 11.5 Å². The minimum atomic E-state index is -3.57. The van der Waals surface area contributed by atoms with E-state index in [9.17, 15) is 8.42 Å². The molecule has 1 aromatic heterocycles. The van der Waals surface area contributed by atoms with Gasteiger partial charge in [-0.3, -0.25) is 4.72 Å². The molecule has 0 aliphatic carbocycles. The highest BCUT2D eigenvalue weighted by molar-refractivity contribution is 7.90. The van der Waals surface area contributed by atoms with Crippen molar-refractivity contribution >= 4 is 27.4 Å². The Balaban J connectivity index is 2.12. The first-order chi connectivity index (χ1) is 11.4. The number of rotatable bonds is 7. The fourth-order valence-corrected chi connectivity index (χ4v) is 2.40. The topological polar surface area (TPSA) is 92.8 Å². The van der Waals surface area contributed by atoms with E-state index in [1.807, 2.05) is 6.07 Å². The smallest absolute Gasteiger partial charge is 0.302 e. The first kappa shape index (κ1) is 17.8. The second-order valence-electron chi connectivity index (χ2n) is 5.02. The normalized spacial score (nSPS) is 11.2. The number of nitrogens with one attached hydrogen (secondary N) is 2. The predicted octanol–water partition coefficient (Wildman–Crippen LogP) is 2.06. The van der Waals surface area contributed by atoms with Crippen LogP contribution < -0.4 is 19.5 Å².